The van der Waals surface area contributed by atoms with Crippen molar-refractivity contribution < 1.29 is 9.59 Å². The van der Waals surface area contributed by atoms with E-state index in [9.17, 15) is 9.59 Å². The highest BCUT2D eigenvalue weighted by Crippen LogP contribution is 2.17. The van der Waals surface area contributed by atoms with Gasteiger partial charge in [-0.3, -0.25) is 9.59 Å². The number of halogens is 1. The fraction of sp³-hybridized carbons (Fsp3) is 0.391. The van der Waals surface area contributed by atoms with Crippen molar-refractivity contribution in [2.45, 2.75) is 59.2 Å². The first-order valence-corrected chi connectivity index (χ1v) is 10.5. The lowest BCUT2D eigenvalue weighted by atomic mass is 10.1. The van der Waals surface area contributed by atoms with E-state index < -0.39 is 6.04 Å². The number of carbonyl (C=O) groups is 2. The van der Waals surface area contributed by atoms with Crippen molar-refractivity contribution in [3.8, 4) is 0 Å². The molecular weight excluding hydrogens is 416 g/mol. The zero-order chi connectivity index (χ0) is 20.7. The van der Waals surface area contributed by atoms with Crippen molar-refractivity contribution >= 4 is 27.7 Å². The highest BCUT2D eigenvalue weighted by Gasteiger charge is 2.26. The van der Waals surface area contributed by atoms with Gasteiger partial charge in [0.2, 0.25) is 11.8 Å². The lowest BCUT2D eigenvalue weighted by Gasteiger charge is -2.30. The van der Waals surface area contributed by atoms with E-state index >= 15 is 0 Å². The van der Waals surface area contributed by atoms with E-state index in [1.807, 2.05) is 69.3 Å². The second-order valence-electron chi connectivity index (χ2n) is 7.31. The van der Waals surface area contributed by atoms with E-state index in [0.717, 1.165) is 27.6 Å². The molecule has 0 saturated heterocycles. The van der Waals surface area contributed by atoms with Crippen LogP contribution in [0.15, 0.2) is 53.0 Å². The van der Waals surface area contributed by atoms with E-state index in [4.69, 9.17) is 0 Å². The van der Waals surface area contributed by atoms with Gasteiger partial charge in [-0.05, 0) is 50.5 Å². The molecule has 2 amide bonds. The number of hydrogen-bond donors (Lipinski definition) is 1. The van der Waals surface area contributed by atoms with Gasteiger partial charge in [0.25, 0.3) is 0 Å². The summed E-state index contributed by atoms with van der Waals surface area (Å²) in [5, 5.41) is 2.99. The minimum Gasteiger partial charge on any atom is -0.352 e. The molecule has 0 fully saturated rings. The van der Waals surface area contributed by atoms with Crippen LogP contribution >= 0.6 is 15.9 Å². The van der Waals surface area contributed by atoms with Crippen LogP contribution < -0.4 is 5.32 Å². The zero-order valence-corrected chi connectivity index (χ0v) is 18.6. The van der Waals surface area contributed by atoms with Crippen molar-refractivity contribution in [3.05, 3.63) is 69.7 Å². The Morgan fingerprint density at radius 3 is 2.39 bits per heavy atom. The van der Waals surface area contributed by atoms with Crippen LogP contribution in [0.5, 0.6) is 0 Å². The third-order valence-electron chi connectivity index (χ3n) is 4.85. The van der Waals surface area contributed by atoms with Gasteiger partial charge in [-0.25, -0.2) is 0 Å². The van der Waals surface area contributed by atoms with E-state index in [1.165, 1.54) is 0 Å². The van der Waals surface area contributed by atoms with Crippen LogP contribution in [-0.4, -0.2) is 28.8 Å². The van der Waals surface area contributed by atoms with Gasteiger partial charge in [-0.15, -0.1) is 0 Å². The smallest absolute Gasteiger partial charge is 0.242 e. The predicted molar refractivity (Wildman–Crippen MR) is 117 cm³/mol. The molecule has 150 valence electrons. The number of aryl methyl sites for hydroxylation is 1. The Kier molecular flexibility index (Phi) is 8.24. The van der Waals surface area contributed by atoms with Gasteiger partial charge in [-0.2, -0.15) is 0 Å². The molecule has 0 aliphatic carbocycles. The minimum absolute atomic E-state index is 0.0580. The van der Waals surface area contributed by atoms with Crippen molar-refractivity contribution in [3.63, 3.8) is 0 Å². The number of carbonyl (C=O) groups excluding carboxylic acids is 2. The lowest BCUT2D eigenvalue weighted by Crippen LogP contribution is -2.49. The number of nitrogens with one attached hydrogen (secondary N) is 1. The third kappa shape index (κ3) is 6.48. The molecule has 2 rings (SSSR count). The summed E-state index contributed by atoms with van der Waals surface area (Å²) in [7, 11) is 0. The molecule has 0 aliphatic rings. The molecule has 2 unspecified atom stereocenters. The number of benzene rings is 2. The van der Waals surface area contributed by atoms with Crippen LogP contribution in [0.25, 0.3) is 0 Å². The van der Waals surface area contributed by atoms with Gasteiger partial charge in [0.1, 0.15) is 6.04 Å². The normalized spacial score (nSPS) is 12.9. The third-order valence-corrected chi connectivity index (χ3v) is 5.34. The van der Waals surface area contributed by atoms with Gasteiger partial charge >= 0.3 is 0 Å². The Labute approximate surface area is 176 Å². The molecular formula is C23H29BrN2O2. The minimum atomic E-state index is -0.551. The Balaban J connectivity index is 2.23. The van der Waals surface area contributed by atoms with E-state index in [0.29, 0.717) is 6.54 Å². The number of nitrogens with zero attached hydrogens (tertiary/aromatic N) is 1. The number of rotatable bonds is 8. The second-order valence-corrected chi connectivity index (χ2v) is 8.23. The van der Waals surface area contributed by atoms with Crippen molar-refractivity contribution in [2.75, 3.05) is 0 Å². The molecule has 28 heavy (non-hydrogen) atoms. The summed E-state index contributed by atoms with van der Waals surface area (Å²) in [4.78, 5) is 27.5. The molecule has 0 saturated carbocycles. The summed E-state index contributed by atoms with van der Waals surface area (Å²) >= 11 is 3.48. The van der Waals surface area contributed by atoms with Crippen LogP contribution in [-0.2, 0) is 22.6 Å². The monoisotopic (exact) mass is 444 g/mol. The molecule has 0 aliphatic heterocycles. The standard InChI is InChI=1S/C23H29BrN2O2/c1-5-17(3)25-23(28)18(4)26(15-20-10-7-11-21(24)13-20)22(27)14-19-9-6-8-16(2)12-19/h6-13,17-18H,5,14-15H2,1-4H3,(H,25,28). The molecule has 5 heteroatoms. The maximum atomic E-state index is 13.1. The average molecular weight is 445 g/mol. The fourth-order valence-corrected chi connectivity index (χ4v) is 3.43. The number of hydrogen-bond acceptors (Lipinski definition) is 2. The Bertz CT molecular complexity index is 822. The molecule has 0 spiro atoms. The van der Waals surface area contributed by atoms with Crippen LogP contribution in [0, 0.1) is 6.92 Å². The van der Waals surface area contributed by atoms with Crippen LogP contribution in [0.3, 0.4) is 0 Å². The summed E-state index contributed by atoms with van der Waals surface area (Å²) < 4.78 is 0.952. The summed E-state index contributed by atoms with van der Waals surface area (Å²) in [5.41, 5.74) is 3.06. The van der Waals surface area contributed by atoms with Gasteiger partial charge < -0.3 is 10.2 Å². The highest BCUT2D eigenvalue weighted by atomic mass is 79.9. The lowest BCUT2D eigenvalue weighted by molar-refractivity contribution is -0.140. The Hall–Kier alpha value is -2.14. The molecule has 1 N–H and O–H groups in total. The first-order chi connectivity index (χ1) is 13.3. The SMILES string of the molecule is CCC(C)NC(=O)C(C)N(Cc1cccc(Br)c1)C(=O)Cc1cccc(C)c1. The van der Waals surface area contributed by atoms with E-state index in [1.54, 1.807) is 11.8 Å². The maximum Gasteiger partial charge on any atom is 0.242 e. The summed E-state index contributed by atoms with van der Waals surface area (Å²) in [6.07, 6.45) is 1.12. The van der Waals surface area contributed by atoms with Crippen LogP contribution in [0.4, 0.5) is 0 Å². The predicted octanol–water partition coefficient (Wildman–Crippen LogP) is 4.63. The van der Waals surface area contributed by atoms with Gasteiger partial charge in [-0.1, -0.05) is 64.8 Å². The molecule has 4 nitrogen and oxygen atoms in total. The zero-order valence-electron chi connectivity index (χ0n) is 17.0. The average Bonchev–Trinajstić information content (AvgIpc) is 2.65. The van der Waals surface area contributed by atoms with Crippen molar-refractivity contribution in [1.29, 1.82) is 0 Å². The fourth-order valence-electron chi connectivity index (χ4n) is 2.98. The maximum absolute atomic E-state index is 13.1. The van der Waals surface area contributed by atoms with Gasteiger partial charge in [0.05, 0.1) is 6.42 Å². The number of amides is 2. The van der Waals surface area contributed by atoms with Crippen LogP contribution in [0.2, 0.25) is 0 Å². The quantitative estimate of drug-likeness (QED) is 0.644. The van der Waals surface area contributed by atoms with E-state index in [-0.39, 0.29) is 24.3 Å². The largest absolute Gasteiger partial charge is 0.352 e. The van der Waals surface area contributed by atoms with Crippen LogP contribution in [0.1, 0.15) is 43.9 Å². The van der Waals surface area contributed by atoms with E-state index in [2.05, 4.69) is 21.2 Å². The van der Waals surface area contributed by atoms with Gasteiger partial charge in [0, 0.05) is 17.1 Å². The first kappa shape index (κ1) is 22.2. The molecule has 2 aromatic rings. The first-order valence-electron chi connectivity index (χ1n) is 9.70. The second kappa shape index (κ2) is 10.4. The Morgan fingerprint density at radius 1 is 1.07 bits per heavy atom. The van der Waals surface area contributed by atoms with Gasteiger partial charge in [0.15, 0.2) is 0 Å². The van der Waals surface area contributed by atoms with Crippen molar-refractivity contribution in [2.24, 2.45) is 0 Å². The highest BCUT2D eigenvalue weighted by molar-refractivity contribution is 9.10. The molecule has 0 heterocycles. The summed E-state index contributed by atoms with van der Waals surface area (Å²) in [5.74, 6) is -0.181. The summed E-state index contributed by atoms with van der Waals surface area (Å²) in [6, 6.07) is 15.3. The molecule has 2 aromatic carbocycles. The Morgan fingerprint density at radius 2 is 1.75 bits per heavy atom. The van der Waals surface area contributed by atoms with Crippen molar-refractivity contribution in [1.82, 2.24) is 10.2 Å². The topological polar surface area (TPSA) is 49.4 Å². The molecule has 0 bridgehead atoms. The summed E-state index contributed by atoms with van der Waals surface area (Å²) in [6.45, 7) is 8.19. The molecule has 0 aromatic heterocycles. The molecule has 2 atom stereocenters. The molecule has 0 radical (unpaired) electrons.